The Bertz CT molecular complexity index is 8.00. The molecule has 0 fully saturated rings. The summed E-state index contributed by atoms with van der Waals surface area (Å²) in [4.78, 5) is 0. The van der Waals surface area contributed by atoms with Gasteiger partial charge in [-0.25, -0.2) is 0 Å². The fraction of sp³-hybridized carbons (Fsp3) is 1.00. The average Bonchev–Trinajstić information content (AvgIpc) is 0.811. The summed E-state index contributed by atoms with van der Waals surface area (Å²) in [5.41, 5.74) is 0. The smallest absolute Gasteiger partial charge is 0.0483 e. The first kappa shape index (κ1) is 3.96. The molecule has 1 N–H and O–H groups in total. The molecular weight excluding hydrogens is 55.0 g/mol. The van der Waals surface area contributed by atoms with Crippen molar-refractivity contribution in [2.45, 2.75) is 20.0 Å². The second kappa shape index (κ2) is 1.30. The summed E-state index contributed by atoms with van der Waals surface area (Å²) in [7, 11) is 0. The number of aliphatic hydroxyl groups excluding tert-OH is 1. The zero-order valence-electron chi connectivity index (χ0n) is 3.02. The molecule has 0 spiro atoms. The van der Waals surface area contributed by atoms with Gasteiger partial charge in [-0.1, -0.05) is 0 Å². The Morgan fingerprint density at radius 1 is 1.50 bits per heavy atom. The summed E-state index contributed by atoms with van der Waals surface area (Å²) in [6.45, 7) is 3.44. The Morgan fingerprint density at radius 2 is 1.50 bits per heavy atom. The Balaban J connectivity index is 2.32. The Morgan fingerprint density at radius 3 is 1.50 bits per heavy atom. The van der Waals surface area contributed by atoms with Crippen LogP contribution in [0.1, 0.15) is 13.8 Å². The lowest BCUT2D eigenvalue weighted by atomic mass is 11.5. The van der Waals surface area contributed by atoms with Crippen molar-refractivity contribution in [2.24, 2.45) is 0 Å². The third-order valence-electron chi connectivity index (χ3n) is 0. The SMILES string of the molecule is [13CH3][13CH]([13CH3])O. The molecule has 0 radical (unpaired) electrons. The standard InChI is InChI=1S/C3H8O/c1-3(2)4/h3-4H,1-2H3/i1+1,2+1,3+1. The van der Waals surface area contributed by atoms with E-state index >= 15 is 0 Å². The van der Waals surface area contributed by atoms with Gasteiger partial charge in [-0.2, -0.15) is 0 Å². The zero-order valence-corrected chi connectivity index (χ0v) is 3.02. The van der Waals surface area contributed by atoms with E-state index in [1.165, 1.54) is 0 Å². The normalized spacial score (nSPS) is 9.00. The van der Waals surface area contributed by atoms with Crippen molar-refractivity contribution < 1.29 is 5.11 Å². The van der Waals surface area contributed by atoms with Crippen LogP contribution >= 0.6 is 0 Å². The lowest BCUT2D eigenvalue weighted by molar-refractivity contribution is 0.216. The molecule has 0 bridgehead atoms. The van der Waals surface area contributed by atoms with Crippen LogP contribution < -0.4 is 0 Å². The van der Waals surface area contributed by atoms with E-state index in [9.17, 15) is 0 Å². The van der Waals surface area contributed by atoms with Crippen molar-refractivity contribution in [1.29, 1.82) is 0 Å². The summed E-state index contributed by atoms with van der Waals surface area (Å²) in [5, 5.41) is 8.06. The van der Waals surface area contributed by atoms with Crippen molar-refractivity contribution in [1.82, 2.24) is 0 Å². The minimum Gasteiger partial charge on any atom is -0.394 e. The van der Waals surface area contributed by atoms with Gasteiger partial charge in [0.1, 0.15) is 0 Å². The summed E-state index contributed by atoms with van der Waals surface area (Å²) in [6.07, 6.45) is -0.167. The molecule has 0 heterocycles. The van der Waals surface area contributed by atoms with Crippen LogP contribution in [0.4, 0.5) is 0 Å². The van der Waals surface area contributed by atoms with Crippen molar-refractivity contribution in [3.8, 4) is 0 Å². The molecule has 0 rings (SSSR count). The molecule has 0 amide bonds. The van der Waals surface area contributed by atoms with Gasteiger partial charge in [0.15, 0.2) is 0 Å². The molecule has 0 aliphatic carbocycles. The Hall–Kier alpha value is -0.0400. The van der Waals surface area contributed by atoms with Gasteiger partial charge in [-0.15, -0.1) is 0 Å². The van der Waals surface area contributed by atoms with Crippen LogP contribution in [0, 0.1) is 0 Å². The molecule has 1 nitrogen and oxygen atoms in total. The van der Waals surface area contributed by atoms with Gasteiger partial charge in [0, 0.05) is 6.10 Å². The van der Waals surface area contributed by atoms with Crippen LogP contribution in [0.15, 0.2) is 0 Å². The second-order valence-electron chi connectivity index (χ2n) is 1.09. The first-order valence-electron chi connectivity index (χ1n) is 1.41. The topological polar surface area (TPSA) is 20.2 Å². The quantitative estimate of drug-likeness (QED) is 0.403. The monoisotopic (exact) mass is 63.1 g/mol. The van der Waals surface area contributed by atoms with Crippen LogP contribution in [0.2, 0.25) is 0 Å². The molecule has 1 heteroatoms. The van der Waals surface area contributed by atoms with Gasteiger partial charge in [0.05, 0.1) is 0 Å². The number of hydrogen-bond acceptors (Lipinski definition) is 1. The highest BCUT2D eigenvalue weighted by molar-refractivity contribution is 4.20. The molecule has 0 aromatic heterocycles. The predicted octanol–water partition coefficient (Wildman–Crippen LogP) is 0.387. The predicted molar refractivity (Wildman–Crippen MR) is 17.4 cm³/mol. The molecule has 0 aromatic rings. The maximum Gasteiger partial charge on any atom is 0.0483 e. The van der Waals surface area contributed by atoms with Gasteiger partial charge in [0.2, 0.25) is 0 Å². The molecule has 0 saturated heterocycles. The van der Waals surface area contributed by atoms with Crippen LogP contribution in [0.3, 0.4) is 0 Å². The maximum atomic E-state index is 8.06. The van der Waals surface area contributed by atoms with E-state index in [0.717, 1.165) is 0 Å². The highest BCUT2D eigenvalue weighted by Gasteiger charge is 1.69. The van der Waals surface area contributed by atoms with E-state index in [2.05, 4.69) is 0 Å². The van der Waals surface area contributed by atoms with Gasteiger partial charge >= 0.3 is 0 Å². The largest absolute Gasteiger partial charge is 0.394 e. The van der Waals surface area contributed by atoms with Gasteiger partial charge < -0.3 is 5.11 Å². The Kier molecular flexibility index (Phi) is 1.28. The van der Waals surface area contributed by atoms with E-state index in [1.54, 1.807) is 13.8 Å². The highest BCUT2D eigenvalue weighted by atomic mass is 16.4. The third-order valence-corrected chi connectivity index (χ3v) is 0. The number of rotatable bonds is 0. The maximum absolute atomic E-state index is 8.06. The molecular formula is C3H8O. The van der Waals surface area contributed by atoms with Gasteiger partial charge in [0.25, 0.3) is 0 Å². The van der Waals surface area contributed by atoms with Gasteiger partial charge in [-0.05, 0) is 13.8 Å². The summed E-state index contributed by atoms with van der Waals surface area (Å²) in [6, 6.07) is 0. The Labute approximate surface area is 26.3 Å². The number of hydrogen-bond donors (Lipinski definition) is 1. The summed E-state index contributed by atoms with van der Waals surface area (Å²) >= 11 is 0. The molecule has 0 aromatic carbocycles. The lowest BCUT2D eigenvalue weighted by Gasteiger charge is -1.80. The van der Waals surface area contributed by atoms with Crippen molar-refractivity contribution in [3.63, 3.8) is 0 Å². The van der Waals surface area contributed by atoms with E-state index in [1.807, 2.05) is 0 Å². The van der Waals surface area contributed by atoms with E-state index in [4.69, 9.17) is 5.11 Å². The molecule has 0 atom stereocenters. The molecule has 0 saturated carbocycles. The molecule has 0 aliphatic heterocycles. The first-order valence-corrected chi connectivity index (χ1v) is 1.41. The minimum atomic E-state index is -0.167. The molecule has 4 heavy (non-hydrogen) atoms. The zero-order chi connectivity index (χ0) is 3.58. The number of aliphatic hydroxyl groups is 1. The fourth-order valence-corrected chi connectivity index (χ4v) is 0. The van der Waals surface area contributed by atoms with Crippen LogP contribution in [-0.2, 0) is 0 Å². The first-order chi connectivity index (χ1) is 1.73. The fourth-order valence-electron chi connectivity index (χ4n) is 0. The van der Waals surface area contributed by atoms with E-state index < -0.39 is 0 Å². The summed E-state index contributed by atoms with van der Waals surface area (Å²) in [5.74, 6) is 0. The lowest BCUT2D eigenvalue weighted by Crippen LogP contribution is -1.85. The summed E-state index contributed by atoms with van der Waals surface area (Å²) < 4.78 is 0. The van der Waals surface area contributed by atoms with E-state index in [-0.39, 0.29) is 6.10 Å². The average molecular weight is 63.1 g/mol. The molecule has 0 aliphatic rings. The molecule has 0 unspecified atom stereocenters. The second-order valence-corrected chi connectivity index (χ2v) is 1.09. The van der Waals surface area contributed by atoms with Crippen LogP contribution in [0.5, 0.6) is 0 Å². The van der Waals surface area contributed by atoms with Crippen molar-refractivity contribution in [3.05, 3.63) is 0 Å². The molecule has 26 valence electrons. The third kappa shape index (κ3) is 1130. The van der Waals surface area contributed by atoms with Crippen LogP contribution in [-0.4, -0.2) is 11.2 Å². The van der Waals surface area contributed by atoms with Gasteiger partial charge in [-0.3, -0.25) is 0 Å². The van der Waals surface area contributed by atoms with Crippen molar-refractivity contribution in [2.75, 3.05) is 0 Å². The highest BCUT2D eigenvalue weighted by Crippen LogP contribution is 1.65. The minimum absolute atomic E-state index is 0.167. The van der Waals surface area contributed by atoms with Crippen molar-refractivity contribution >= 4 is 0 Å². The van der Waals surface area contributed by atoms with Crippen LogP contribution in [0.25, 0.3) is 0 Å². The van der Waals surface area contributed by atoms with E-state index in [0.29, 0.717) is 0 Å².